The van der Waals surface area contributed by atoms with E-state index < -0.39 is 22.4 Å². The third kappa shape index (κ3) is 5.98. The summed E-state index contributed by atoms with van der Waals surface area (Å²) in [5, 5.41) is 38.1. The maximum atomic E-state index is 12.4. The van der Waals surface area contributed by atoms with Gasteiger partial charge >= 0.3 is 0 Å². The van der Waals surface area contributed by atoms with Crippen LogP contribution in [0, 0.1) is 10.1 Å². The molecule has 4 N–H and O–H groups in total. The van der Waals surface area contributed by atoms with Crippen LogP contribution in [0.4, 0.5) is 5.69 Å². The van der Waals surface area contributed by atoms with Crippen molar-refractivity contribution >= 4 is 29.9 Å². The van der Waals surface area contributed by atoms with Crippen LogP contribution in [0.25, 0.3) is 0 Å². The molecule has 0 saturated carbocycles. The highest BCUT2D eigenvalue weighted by Crippen LogP contribution is 2.18. The lowest BCUT2D eigenvalue weighted by molar-refractivity contribution is -0.384. The Balaban J connectivity index is 1.76. The number of nitro groups is 1. The predicted octanol–water partition coefficient (Wildman–Crippen LogP) is 2.53. The third-order valence-corrected chi connectivity index (χ3v) is 4.27. The summed E-state index contributed by atoms with van der Waals surface area (Å²) in [4.78, 5) is 35.3. The summed E-state index contributed by atoms with van der Waals surface area (Å²) in [6.07, 6.45) is 2.40. The van der Waals surface area contributed by atoms with Crippen molar-refractivity contribution in [1.29, 1.82) is 0 Å². The van der Waals surface area contributed by atoms with Gasteiger partial charge in [-0.1, -0.05) is 24.3 Å². The Kier molecular flexibility index (Phi) is 7.06. The molecule has 0 aliphatic heterocycles. The molecule has 33 heavy (non-hydrogen) atoms. The molecule has 11 heteroatoms. The highest BCUT2D eigenvalue weighted by Gasteiger charge is 2.18. The quantitative estimate of drug-likeness (QED) is 0.247. The second kappa shape index (κ2) is 10.3. The van der Waals surface area contributed by atoms with Crippen molar-refractivity contribution in [1.82, 2.24) is 10.9 Å². The van der Waals surface area contributed by atoms with Gasteiger partial charge in [0.15, 0.2) is 0 Å². The molecule has 0 spiro atoms. The molecule has 0 fully saturated rings. The smallest absolute Gasteiger partial charge is 0.271 e. The average Bonchev–Trinajstić information content (AvgIpc) is 2.81. The van der Waals surface area contributed by atoms with E-state index >= 15 is 0 Å². The molecule has 0 atom stereocenters. The van der Waals surface area contributed by atoms with Gasteiger partial charge in [0.2, 0.25) is 0 Å². The van der Waals surface area contributed by atoms with Crippen LogP contribution in [0.1, 0.15) is 31.8 Å². The first kappa shape index (κ1) is 22.6. The number of phenolic OH excluding ortho intramolecular Hbond substituents is 2. The lowest BCUT2D eigenvalue weighted by atomic mass is 10.1. The van der Waals surface area contributed by atoms with Gasteiger partial charge in [-0.3, -0.25) is 19.7 Å². The number of nitro benzene ring substituents is 1. The molecule has 0 aromatic heterocycles. The van der Waals surface area contributed by atoms with E-state index in [2.05, 4.69) is 21.1 Å². The number of rotatable bonds is 7. The first-order chi connectivity index (χ1) is 15.8. The van der Waals surface area contributed by atoms with Gasteiger partial charge < -0.3 is 10.2 Å². The third-order valence-electron chi connectivity index (χ3n) is 4.27. The van der Waals surface area contributed by atoms with E-state index in [4.69, 9.17) is 0 Å². The Bertz CT molecular complexity index is 1180. The SMILES string of the molecule is O=C(N/N=C\c1ccccc1O)c1cc(C(=O)N/N=C/c2ccccc2O)cc([N+](=O)[O-])c1. The lowest BCUT2D eigenvalue weighted by Gasteiger charge is -2.05. The highest BCUT2D eigenvalue weighted by molar-refractivity contribution is 6.01. The molecule has 3 rings (SSSR count). The number of amides is 2. The van der Waals surface area contributed by atoms with Crippen LogP contribution in [0.2, 0.25) is 0 Å². The van der Waals surface area contributed by atoms with Crippen LogP contribution in [0.5, 0.6) is 11.5 Å². The lowest BCUT2D eigenvalue weighted by Crippen LogP contribution is -2.21. The molecule has 0 radical (unpaired) electrons. The predicted molar refractivity (Wildman–Crippen MR) is 119 cm³/mol. The number of nitrogens with one attached hydrogen (secondary N) is 2. The molecule has 0 saturated heterocycles. The van der Waals surface area contributed by atoms with Crippen LogP contribution in [-0.2, 0) is 0 Å². The molecular formula is C22H17N5O6. The Labute approximate surface area is 186 Å². The maximum absolute atomic E-state index is 12.4. The van der Waals surface area contributed by atoms with E-state index in [1.807, 2.05) is 0 Å². The molecule has 2 amide bonds. The summed E-state index contributed by atoms with van der Waals surface area (Å²) in [7, 11) is 0. The Morgan fingerprint density at radius 3 is 1.61 bits per heavy atom. The van der Waals surface area contributed by atoms with Gasteiger partial charge in [-0.25, -0.2) is 10.9 Å². The minimum Gasteiger partial charge on any atom is -0.507 e. The van der Waals surface area contributed by atoms with Gasteiger partial charge in [0.25, 0.3) is 17.5 Å². The van der Waals surface area contributed by atoms with Crippen molar-refractivity contribution in [2.45, 2.75) is 0 Å². The topological polar surface area (TPSA) is 167 Å². The Morgan fingerprint density at radius 2 is 1.21 bits per heavy atom. The average molecular weight is 447 g/mol. The molecule has 3 aromatic rings. The molecule has 11 nitrogen and oxygen atoms in total. The number of non-ortho nitro benzene ring substituents is 1. The molecule has 0 heterocycles. The summed E-state index contributed by atoms with van der Waals surface area (Å²) in [6, 6.07) is 15.7. The number of hydrogen-bond acceptors (Lipinski definition) is 8. The summed E-state index contributed by atoms with van der Waals surface area (Å²) in [5.41, 5.74) is 4.21. The van der Waals surface area contributed by atoms with Gasteiger partial charge in [-0.15, -0.1) is 0 Å². The number of carbonyl (C=O) groups is 2. The number of aromatic hydroxyl groups is 2. The fraction of sp³-hybridized carbons (Fsp3) is 0. The van der Waals surface area contributed by atoms with Crippen LogP contribution >= 0.6 is 0 Å². The summed E-state index contributed by atoms with van der Waals surface area (Å²) in [6.45, 7) is 0. The minimum absolute atomic E-state index is 0.0471. The number of phenols is 2. The van der Waals surface area contributed by atoms with E-state index in [0.29, 0.717) is 11.1 Å². The molecule has 0 bridgehead atoms. The van der Waals surface area contributed by atoms with Crippen molar-refractivity contribution in [2.75, 3.05) is 0 Å². The summed E-state index contributed by atoms with van der Waals surface area (Å²) >= 11 is 0. The fourth-order valence-electron chi connectivity index (χ4n) is 2.62. The zero-order valence-corrected chi connectivity index (χ0v) is 16.9. The monoisotopic (exact) mass is 447 g/mol. The fourth-order valence-corrected chi connectivity index (χ4v) is 2.62. The van der Waals surface area contributed by atoms with Crippen LogP contribution in [-0.4, -0.2) is 39.4 Å². The number of carbonyl (C=O) groups excluding carboxylic acids is 2. The second-order valence-electron chi connectivity index (χ2n) is 6.54. The normalized spacial score (nSPS) is 10.9. The first-order valence-corrected chi connectivity index (χ1v) is 9.37. The summed E-state index contributed by atoms with van der Waals surface area (Å²) in [5.74, 6) is -1.71. The number of nitrogens with zero attached hydrogens (tertiary/aromatic N) is 3. The Morgan fingerprint density at radius 1 is 0.788 bits per heavy atom. The molecule has 166 valence electrons. The van der Waals surface area contributed by atoms with Gasteiger partial charge in [0, 0.05) is 34.4 Å². The van der Waals surface area contributed by atoms with Gasteiger partial charge in [-0.05, 0) is 30.3 Å². The molecule has 0 unspecified atom stereocenters. The maximum Gasteiger partial charge on any atom is 0.271 e. The Hall–Kier alpha value is -5.06. The summed E-state index contributed by atoms with van der Waals surface area (Å²) < 4.78 is 0. The van der Waals surface area contributed by atoms with Crippen molar-refractivity contribution < 1.29 is 24.7 Å². The second-order valence-corrected chi connectivity index (χ2v) is 6.54. The van der Waals surface area contributed by atoms with E-state index in [-0.39, 0.29) is 22.6 Å². The van der Waals surface area contributed by atoms with E-state index in [1.165, 1.54) is 24.6 Å². The minimum atomic E-state index is -0.808. The van der Waals surface area contributed by atoms with Crippen LogP contribution < -0.4 is 10.9 Å². The van der Waals surface area contributed by atoms with Crippen molar-refractivity contribution in [3.05, 3.63) is 99.1 Å². The number of hydrogen-bond donors (Lipinski definition) is 4. The van der Waals surface area contributed by atoms with Gasteiger partial charge in [-0.2, -0.15) is 10.2 Å². The number of benzene rings is 3. The zero-order chi connectivity index (χ0) is 23.8. The largest absolute Gasteiger partial charge is 0.507 e. The first-order valence-electron chi connectivity index (χ1n) is 9.37. The van der Waals surface area contributed by atoms with Crippen molar-refractivity contribution in [3.63, 3.8) is 0 Å². The number of hydrazone groups is 2. The van der Waals surface area contributed by atoms with Gasteiger partial charge in [0.05, 0.1) is 17.4 Å². The van der Waals surface area contributed by atoms with Crippen molar-refractivity contribution in [3.8, 4) is 11.5 Å². The van der Waals surface area contributed by atoms with Crippen molar-refractivity contribution in [2.24, 2.45) is 10.2 Å². The van der Waals surface area contributed by atoms with Crippen LogP contribution in [0.15, 0.2) is 76.9 Å². The standard InChI is InChI=1S/C22H17N5O6/c28-19-7-3-1-5-14(19)12-23-25-21(30)16-9-17(11-18(10-16)27(32)33)22(31)26-24-13-15-6-2-4-8-20(15)29/h1-13,28-29H,(H,25,30)(H,26,31)/b23-12-,24-13+. The number of para-hydroxylation sites is 2. The van der Waals surface area contributed by atoms with E-state index in [0.717, 1.165) is 18.2 Å². The molecular weight excluding hydrogens is 430 g/mol. The molecule has 0 aliphatic carbocycles. The molecule has 3 aromatic carbocycles. The van der Waals surface area contributed by atoms with E-state index in [9.17, 15) is 29.9 Å². The van der Waals surface area contributed by atoms with Gasteiger partial charge in [0.1, 0.15) is 11.5 Å². The van der Waals surface area contributed by atoms with Crippen LogP contribution in [0.3, 0.4) is 0 Å². The zero-order valence-electron chi connectivity index (χ0n) is 16.9. The molecule has 0 aliphatic rings. The highest BCUT2D eigenvalue weighted by atomic mass is 16.6. The van der Waals surface area contributed by atoms with E-state index in [1.54, 1.807) is 36.4 Å².